The summed E-state index contributed by atoms with van der Waals surface area (Å²) in [5, 5.41) is 3.58. The molecule has 0 aromatic carbocycles. The van der Waals surface area contributed by atoms with Crippen LogP contribution < -0.4 is 5.32 Å². The van der Waals surface area contributed by atoms with Crippen molar-refractivity contribution in [1.29, 1.82) is 0 Å². The van der Waals surface area contributed by atoms with Crippen LogP contribution in [0.25, 0.3) is 0 Å². The molecular weight excluding hydrogens is 220 g/mol. The van der Waals surface area contributed by atoms with Crippen LogP contribution >= 0.6 is 0 Å². The Hall–Kier alpha value is -0.0800. The van der Waals surface area contributed by atoms with Gasteiger partial charge in [0.05, 0.1) is 0 Å². The first-order valence-corrected chi connectivity index (χ1v) is 8.29. The molecule has 104 valence electrons. The second-order valence-electron chi connectivity index (χ2n) is 7.07. The molecule has 3 rings (SSSR count). The molecule has 1 heterocycles. The molecule has 18 heavy (non-hydrogen) atoms. The van der Waals surface area contributed by atoms with E-state index in [9.17, 15) is 0 Å². The molecule has 2 saturated carbocycles. The molecule has 2 aliphatic carbocycles. The van der Waals surface area contributed by atoms with Crippen molar-refractivity contribution >= 4 is 0 Å². The fourth-order valence-electron chi connectivity index (χ4n) is 4.08. The van der Waals surface area contributed by atoms with E-state index in [4.69, 9.17) is 0 Å². The first-order chi connectivity index (χ1) is 8.83. The van der Waals surface area contributed by atoms with Gasteiger partial charge >= 0.3 is 0 Å². The number of rotatable bonds is 4. The summed E-state index contributed by atoms with van der Waals surface area (Å²) in [5.74, 6) is 1.89. The molecule has 0 aromatic rings. The third-order valence-corrected chi connectivity index (χ3v) is 5.26. The maximum atomic E-state index is 3.58. The van der Waals surface area contributed by atoms with Crippen molar-refractivity contribution in [2.75, 3.05) is 19.6 Å². The lowest BCUT2D eigenvalue weighted by Crippen LogP contribution is -2.45. The molecule has 2 heteroatoms. The van der Waals surface area contributed by atoms with E-state index in [1.54, 1.807) is 0 Å². The van der Waals surface area contributed by atoms with E-state index in [0.29, 0.717) is 0 Å². The Kier molecular flexibility index (Phi) is 4.25. The average Bonchev–Trinajstić information content (AvgIpc) is 3.21. The molecule has 3 aliphatic rings. The minimum atomic E-state index is 0.920. The van der Waals surface area contributed by atoms with E-state index in [-0.39, 0.29) is 0 Å². The molecule has 1 saturated heterocycles. The van der Waals surface area contributed by atoms with Crippen LogP contribution in [0.15, 0.2) is 0 Å². The first-order valence-electron chi connectivity index (χ1n) is 8.29. The van der Waals surface area contributed by atoms with Gasteiger partial charge in [0.1, 0.15) is 0 Å². The number of hydrogen-bond donors (Lipinski definition) is 1. The van der Waals surface area contributed by atoms with Gasteiger partial charge in [-0.2, -0.15) is 0 Å². The number of hydrogen-bond acceptors (Lipinski definition) is 2. The summed E-state index contributed by atoms with van der Waals surface area (Å²) in [6.45, 7) is 6.36. The van der Waals surface area contributed by atoms with E-state index in [1.807, 2.05) is 0 Å². The van der Waals surface area contributed by atoms with Gasteiger partial charge in [0, 0.05) is 18.6 Å². The Morgan fingerprint density at radius 1 is 1.00 bits per heavy atom. The second-order valence-corrected chi connectivity index (χ2v) is 7.07. The summed E-state index contributed by atoms with van der Waals surface area (Å²) >= 11 is 0. The molecule has 0 amide bonds. The lowest BCUT2D eigenvalue weighted by atomic mass is 9.85. The molecule has 3 fully saturated rings. The highest BCUT2D eigenvalue weighted by Crippen LogP contribution is 2.36. The van der Waals surface area contributed by atoms with Gasteiger partial charge in [-0.15, -0.1) is 0 Å². The Morgan fingerprint density at radius 3 is 2.56 bits per heavy atom. The van der Waals surface area contributed by atoms with E-state index in [0.717, 1.165) is 23.9 Å². The molecular formula is C16H30N2. The Morgan fingerprint density at radius 2 is 1.89 bits per heavy atom. The molecule has 0 aromatic heterocycles. The minimum absolute atomic E-state index is 0.920. The van der Waals surface area contributed by atoms with Crippen molar-refractivity contribution in [1.82, 2.24) is 10.2 Å². The van der Waals surface area contributed by atoms with Crippen LogP contribution in [-0.4, -0.2) is 36.6 Å². The summed E-state index contributed by atoms with van der Waals surface area (Å²) in [6.07, 6.45) is 11.7. The highest BCUT2D eigenvalue weighted by molar-refractivity contribution is 4.92. The van der Waals surface area contributed by atoms with Gasteiger partial charge < -0.3 is 5.32 Å². The molecule has 0 spiro atoms. The third-order valence-electron chi connectivity index (χ3n) is 5.26. The van der Waals surface area contributed by atoms with E-state index < -0.39 is 0 Å². The van der Waals surface area contributed by atoms with Gasteiger partial charge in [-0.25, -0.2) is 0 Å². The van der Waals surface area contributed by atoms with E-state index in [2.05, 4.69) is 17.1 Å². The van der Waals surface area contributed by atoms with Crippen LogP contribution in [0.3, 0.4) is 0 Å². The lowest BCUT2D eigenvalue weighted by molar-refractivity contribution is 0.101. The summed E-state index contributed by atoms with van der Waals surface area (Å²) in [4.78, 5) is 2.92. The molecule has 0 radical (unpaired) electrons. The summed E-state index contributed by atoms with van der Waals surface area (Å²) in [6, 6.07) is 1.88. The highest BCUT2D eigenvalue weighted by Gasteiger charge is 2.36. The van der Waals surface area contributed by atoms with Crippen molar-refractivity contribution in [2.24, 2.45) is 11.8 Å². The zero-order valence-corrected chi connectivity index (χ0v) is 12.0. The minimum Gasteiger partial charge on any atom is -0.316 e. The second kappa shape index (κ2) is 5.92. The van der Waals surface area contributed by atoms with E-state index >= 15 is 0 Å². The van der Waals surface area contributed by atoms with Crippen LogP contribution in [0, 0.1) is 11.8 Å². The predicted octanol–water partition coefficient (Wildman–Crippen LogP) is 3.03. The van der Waals surface area contributed by atoms with Gasteiger partial charge in [0.15, 0.2) is 0 Å². The molecule has 2 nitrogen and oxygen atoms in total. The zero-order chi connectivity index (χ0) is 12.4. The smallest absolute Gasteiger partial charge is 0.0101 e. The zero-order valence-electron chi connectivity index (χ0n) is 12.0. The molecule has 0 bridgehead atoms. The van der Waals surface area contributed by atoms with Gasteiger partial charge in [0.25, 0.3) is 0 Å². The molecule has 3 atom stereocenters. The van der Waals surface area contributed by atoms with Crippen molar-refractivity contribution in [3.05, 3.63) is 0 Å². The Bertz CT molecular complexity index is 256. The molecule has 1 N–H and O–H groups in total. The number of nitrogens with zero attached hydrogens (tertiary/aromatic N) is 1. The monoisotopic (exact) mass is 250 g/mol. The third kappa shape index (κ3) is 3.27. The molecule has 3 unspecified atom stereocenters. The van der Waals surface area contributed by atoms with Crippen LogP contribution in [0.5, 0.6) is 0 Å². The quantitative estimate of drug-likeness (QED) is 0.825. The summed E-state index contributed by atoms with van der Waals surface area (Å²) in [7, 11) is 0. The van der Waals surface area contributed by atoms with Crippen molar-refractivity contribution in [2.45, 2.75) is 70.4 Å². The number of piperidine rings is 1. The van der Waals surface area contributed by atoms with Gasteiger partial charge in [-0.3, -0.25) is 4.90 Å². The topological polar surface area (TPSA) is 15.3 Å². The van der Waals surface area contributed by atoms with Crippen LogP contribution in [0.1, 0.15) is 58.3 Å². The van der Waals surface area contributed by atoms with Crippen molar-refractivity contribution in [3.63, 3.8) is 0 Å². The fraction of sp³-hybridized carbons (Fsp3) is 1.00. The maximum absolute atomic E-state index is 3.58. The highest BCUT2D eigenvalue weighted by atomic mass is 15.2. The van der Waals surface area contributed by atoms with Gasteiger partial charge in [-0.05, 0) is 63.5 Å². The average molecular weight is 250 g/mol. The lowest BCUT2D eigenvalue weighted by Gasteiger charge is -2.39. The summed E-state index contributed by atoms with van der Waals surface area (Å²) < 4.78 is 0. The van der Waals surface area contributed by atoms with Gasteiger partial charge in [0.2, 0.25) is 0 Å². The first kappa shape index (κ1) is 12.9. The summed E-state index contributed by atoms with van der Waals surface area (Å²) in [5.41, 5.74) is 0. The Balaban J connectivity index is 1.56. The van der Waals surface area contributed by atoms with Crippen LogP contribution in [0.4, 0.5) is 0 Å². The SMILES string of the molecule is CC1CCCC(N(CC2CCCNC2)C2CC2)C1. The normalized spacial score (nSPS) is 38.0. The largest absolute Gasteiger partial charge is 0.316 e. The van der Waals surface area contributed by atoms with Crippen LogP contribution in [-0.2, 0) is 0 Å². The molecule has 1 aliphatic heterocycles. The van der Waals surface area contributed by atoms with Gasteiger partial charge in [-0.1, -0.05) is 19.8 Å². The number of nitrogens with one attached hydrogen (secondary N) is 1. The fourth-order valence-corrected chi connectivity index (χ4v) is 4.08. The van der Waals surface area contributed by atoms with Crippen LogP contribution in [0.2, 0.25) is 0 Å². The standard InChI is InChI=1S/C16H30N2/c1-13-4-2-6-16(10-13)18(15-7-8-15)12-14-5-3-9-17-11-14/h13-17H,2-12H2,1H3. The predicted molar refractivity (Wildman–Crippen MR) is 76.7 cm³/mol. The van der Waals surface area contributed by atoms with Crippen molar-refractivity contribution < 1.29 is 0 Å². The van der Waals surface area contributed by atoms with E-state index in [1.165, 1.54) is 71.0 Å². The Labute approximate surface area is 113 Å². The van der Waals surface area contributed by atoms with Crippen molar-refractivity contribution in [3.8, 4) is 0 Å². The maximum Gasteiger partial charge on any atom is 0.0101 e.